The molecule has 3 rings (SSSR count). The molecule has 1 aromatic carbocycles. The van der Waals surface area contributed by atoms with E-state index in [1.165, 1.54) is 6.20 Å². The molecule has 7 nitrogen and oxygen atoms in total. The SMILES string of the molecule is CN(C)c1ncccc1CNC(=O)c1cccc(NC(=O)c2cccnc2)c1. The summed E-state index contributed by atoms with van der Waals surface area (Å²) in [7, 11) is 3.81. The van der Waals surface area contributed by atoms with Crippen molar-refractivity contribution in [2.75, 3.05) is 24.3 Å². The van der Waals surface area contributed by atoms with Crippen LogP contribution in [0.5, 0.6) is 0 Å². The van der Waals surface area contributed by atoms with Crippen molar-refractivity contribution in [3.05, 3.63) is 83.8 Å². The lowest BCUT2D eigenvalue weighted by Crippen LogP contribution is -2.24. The fourth-order valence-corrected chi connectivity index (χ4v) is 2.69. The first-order valence-corrected chi connectivity index (χ1v) is 8.75. The van der Waals surface area contributed by atoms with Crippen molar-refractivity contribution in [3.63, 3.8) is 0 Å². The summed E-state index contributed by atoms with van der Waals surface area (Å²) in [4.78, 5) is 34.9. The van der Waals surface area contributed by atoms with E-state index in [2.05, 4.69) is 20.6 Å². The van der Waals surface area contributed by atoms with E-state index in [-0.39, 0.29) is 11.8 Å². The van der Waals surface area contributed by atoms with Gasteiger partial charge < -0.3 is 15.5 Å². The van der Waals surface area contributed by atoms with Gasteiger partial charge in [0.2, 0.25) is 0 Å². The van der Waals surface area contributed by atoms with Crippen LogP contribution in [0.1, 0.15) is 26.3 Å². The number of aromatic nitrogens is 2. The molecular weight excluding hydrogens is 354 g/mol. The Kier molecular flexibility index (Phi) is 5.96. The molecule has 2 N–H and O–H groups in total. The lowest BCUT2D eigenvalue weighted by atomic mass is 10.1. The molecule has 2 amide bonds. The number of carbonyl (C=O) groups is 2. The number of carbonyl (C=O) groups excluding carboxylic acids is 2. The number of rotatable bonds is 6. The highest BCUT2D eigenvalue weighted by Gasteiger charge is 2.11. The maximum absolute atomic E-state index is 12.5. The number of anilines is 2. The summed E-state index contributed by atoms with van der Waals surface area (Å²) >= 11 is 0. The number of hydrogen-bond donors (Lipinski definition) is 2. The van der Waals surface area contributed by atoms with E-state index < -0.39 is 0 Å². The van der Waals surface area contributed by atoms with Gasteiger partial charge in [0.15, 0.2) is 0 Å². The van der Waals surface area contributed by atoms with E-state index in [0.29, 0.717) is 23.4 Å². The Balaban J connectivity index is 1.67. The van der Waals surface area contributed by atoms with E-state index >= 15 is 0 Å². The van der Waals surface area contributed by atoms with Crippen LogP contribution in [0.4, 0.5) is 11.5 Å². The second-order valence-electron chi connectivity index (χ2n) is 6.34. The average molecular weight is 375 g/mol. The van der Waals surface area contributed by atoms with Crippen LogP contribution in [-0.4, -0.2) is 35.9 Å². The highest BCUT2D eigenvalue weighted by Crippen LogP contribution is 2.15. The van der Waals surface area contributed by atoms with Crippen molar-refractivity contribution >= 4 is 23.3 Å². The first kappa shape index (κ1) is 19.0. The standard InChI is InChI=1S/C21H21N5O2/c1-26(2)19-16(7-5-11-23-19)14-24-20(27)15-6-3-9-18(12-15)25-21(28)17-8-4-10-22-13-17/h3-13H,14H2,1-2H3,(H,24,27)(H,25,28). The molecule has 0 aliphatic rings. The Hall–Kier alpha value is -3.74. The average Bonchev–Trinajstić information content (AvgIpc) is 2.73. The summed E-state index contributed by atoms with van der Waals surface area (Å²) in [6.45, 7) is 0.354. The molecule has 0 radical (unpaired) electrons. The Bertz CT molecular complexity index is 973. The van der Waals surface area contributed by atoms with Gasteiger partial charge in [0.25, 0.3) is 11.8 Å². The Morgan fingerprint density at radius 1 is 0.964 bits per heavy atom. The van der Waals surface area contributed by atoms with Gasteiger partial charge in [0.1, 0.15) is 5.82 Å². The fourth-order valence-electron chi connectivity index (χ4n) is 2.69. The van der Waals surface area contributed by atoms with Crippen LogP contribution in [0.2, 0.25) is 0 Å². The van der Waals surface area contributed by atoms with Gasteiger partial charge in [-0.3, -0.25) is 14.6 Å². The molecule has 28 heavy (non-hydrogen) atoms. The summed E-state index contributed by atoms with van der Waals surface area (Å²) in [5, 5.41) is 5.67. The molecule has 0 saturated carbocycles. The minimum absolute atomic E-state index is 0.231. The van der Waals surface area contributed by atoms with Crippen molar-refractivity contribution in [3.8, 4) is 0 Å². The second kappa shape index (κ2) is 8.77. The van der Waals surface area contributed by atoms with Crippen LogP contribution >= 0.6 is 0 Å². The minimum Gasteiger partial charge on any atom is -0.362 e. The lowest BCUT2D eigenvalue weighted by molar-refractivity contribution is 0.0949. The topological polar surface area (TPSA) is 87.2 Å². The third-order valence-electron chi connectivity index (χ3n) is 4.04. The molecule has 0 spiro atoms. The molecule has 0 bridgehead atoms. The van der Waals surface area contributed by atoms with Crippen LogP contribution in [-0.2, 0) is 6.54 Å². The molecule has 142 valence electrons. The zero-order valence-corrected chi connectivity index (χ0v) is 15.7. The highest BCUT2D eigenvalue weighted by atomic mass is 16.2. The Morgan fingerprint density at radius 2 is 1.75 bits per heavy atom. The Labute approximate surface area is 163 Å². The number of pyridine rings is 2. The first-order chi connectivity index (χ1) is 13.5. The van der Waals surface area contributed by atoms with Crippen molar-refractivity contribution in [2.45, 2.75) is 6.54 Å². The summed E-state index contributed by atoms with van der Waals surface area (Å²) in [6.07, 6.45) is 4.81. The number of nitrogens with zero attached hydrogens (tertiary/aromatic N) is 3. The van der Waals surface area contributed by atoms with Gasteiger partial charge in [-0.05, 0) is 36.4 Å². The van der Waals surface area contributed by atoms with Crippen LogP contribution in [0.25, 0.3) is 0 Å². The van der Waals surface area contributed by atoms with Gasteiger partial charge in [0, 0.05) is 56.0 Å². The van der Waals surface area contributed by atoms with Crippen LogP contribution in [0.3, 0.4) is 0 Å². The van der Waals surface area contributed by atoms with Gasteiger partial charge in [-0.2, -0.15) is 0 Å². The minimum atomic E-state index is -0.281. The lowest BCUT2D eigenvalue weighted by Gasteiger charge is -2.16. The van der Waals surface area contributed by atoms with Crippen molar-refractivity contribution in [1.29, 1.82) is 0 Å². The van der Waals surface area contributed by atoms with Crippen molar-refractivity contribution < 1.29 is 9.59 Å². The van der Waals surface area contributed by atoms with E-state index in [9.17, 15) is 9.59 Å². The fraction of sp³-hybridized carbons (Fsp3) is 0.143. The molecular formula is C21H21N5O2. The smallest absolute Gasteiger partial charge is 0.257 e. The summed E-state index contributed by atoms with van der Waals surface area (Å²) in [5.41, 5.74) is 2.36. The molecule has 0 unspecified atom stereocenters. The molecule has 0 aliphatic heterocycles. The van der Waals surface area contributed by atoms with Crippen LogP contribution in [0, 0.1) is 0 Å². The van der Waals surface area contributed by atoms with Crippen molar-refractivity contribution in [2.24, 2.45) is 0 Å². The van der Waals surface area contributed by atoms with E-state index in [4.69, 9.17) is 0 Å². The molecule has 2 heterocycles. The molecule has 0 atom stereocenters. The van der Waals surface area contributed by atoms with Crippen LogP contribution in [0.15, 0.2) is 67.1 Å². The zero-order valence-electron chi connectivity index (χ0n) is 15.7. The molecule has 0 fully saturated rings. The van der Waals surface area contributed by atoms with Gasteiger partial charge in [-0.15, -0.1) is 0 Å². The zero-order chi connectivity index (χ0) is 19.9. The molecule has 0 aliphatic carbocycles. The van der Waals surface area contributed by atoms with Gasteiger partial charge in [-0.1, -0.05) is 12.1 Å². The van der Waals surface area contributed by atoms with Gasteiger partial charge in [-0.25, -0.2) is 4.98 Å². The third-order valence-corrected chi connectivity index (χ3v) is 4.04. The predicted molar refractivity (Wildman–Crippen MR) is 108 cm³/mol. The predicted octanol–water partition coefficient (Wildman–Crippen LogP) is 2.72. The summed E-state index contributed by atoms with van der Waals surface area (Å²) in [6, 6.07) is 13.9. The maximum Gasteiger partial charge on any atom is 0.257 e. The van der Waals surface area contributed by atoms with E-state index in [0.717, 1.165) is 11.4 Å². The van der Waals surface area contributed by atoms with Crippen molar-refractivity contribution in [1.82, 2.24) is 15.3 Å². The molecule has 2 aromatic heterocycles. The number of nitrogens with one attached hydrogen (secondary N) is 2. The molecule has 7 heteroatoms. The normalized spacial score (nSPS) is 10.2. The van der Waals surface area contributed by atoms with Gasteiger partial charge in [0.05, 0.1) is 5.56 Å². The number of benzene rings is 1. The second-order valence-corrected chi connectivity index (χ2v) is 6.34. The first-order valence-electron chi connectivity index (χ1n) is 8.75. The maximum atomic E-state index is 12.5. The largest absolute Gasteiger partial charge is 0.362 e. The molecule has 3 aromatic rings. The van der Waals surface area contributed by atoms with E-state index in [1.807, 2.05) is 31.1 Å². The van der Waals surface area contributed by atoms with Gasteiger partial charge >= 0.3 is 0 Å². The monoisotopic (exact) mass is 375 g/mol. The molecule has 0 saturated heterocycles. The van der Waals surface area contributed by atoms with Crippen LogP contribution < -0.4 is 15.5 Å². The number of amides is 2. The quantitative estimate of drug-likeness (QED) is 0.692. The highest BCUT2D eigenvalue weighted by molar-refractivity contribution is 6.04. The summed E-state index contributed by atoms with van der Waals surface area (Å²) in [5.74, 6) is 0.294. The third kappa shape index (κ3) is 4.70. The number of hydrogen-bond acceptors (Lipinski definition) is 5. The summed E-state index contributed by atoms with van der Waals surface area (Å²) < 4.78 is 0. The van der Waals surface area contributed by atoms with E-state index in [1.54, 1.807) is 48.8 Å². The Morgan fingerprint density at radius 3 is 2.50 bits per heavy atom.